The Bertz CT molecular complexity index is 1190. The molecule has 0 amide bonds. The molecule has 2 bridgehead atoms. The molecule has 4 heterocycles. The van der Waals surface area contributed by atoms with Crippen LogP contribution in [0.3, 0.4) is 0 Å². The number of rotatable bonds is 6. The summed E-state index contributed by atoms with van der Waals surface area (Å²) in [4.78, 5) is 6.64. The largest absolute Gasteiger partial charge is 0.507 e. The van der Waals surface area contributed by atoms with E-state index in [0.29, 0.717) is 23.2 Å². The van der Waals surface area contributed by atoms with Crippen molar-refractivity contribution in [2.75, 3.05) is 11.2 Å². The maximum absolute atomic E-state index is 15.3. The normalized spacial score (nSPS) is 25.9. The number of aromatic nitrogens is 5. The number of alkyl halides is 1. The number of thioether (sulfide) groups is 1. The van der Waals surface area contributed by atoms with Crippen molar-refractivity contribution in [3.8, 4) is 28.1 Å². The molecule has 0 radical (unpaired) electrons. The minimum Gasteiger partial charge on any atom is -0.507 e. The van der Waals surface area contributed by atoms with Gasteiger partial charge < -0.3 is 15.3 Å². The van der Waals surface area contributed by atoms with Crippen LogP contribution in [0.15, 0.2) is 41.7 Å². The topological polar surface area (TPSA) is 100.0 Å². The van der Waals surface area contributed by atoms with Crippen molar-refractivity contribution in [2.45, 2.75) is 67.5 Å². The molecule has 0 spiro atoms. The van der Waals surface area contributed by atoms with Crippen molar-refractivity contribution in [3.63, 3.8) is 0 Å². The molecule has 2 saturated heterocycles. The van der Waals surface area contributed by atoms with E-state index in [9.17, 15) is 5.11 Å². The monoisotopic (exact) mass is 479 g/mol. The molecular formula is C24H26FN7OS. The summed E-state index contributed by atoms with van der Waals surface area (Å²) >= 11 is 1.51. The Morgan fingerprint density at radius 2 is 1.94 bits per heavy atom. The van der Waals surface area contributed by atoms with E-state index in [0.717, 1.165) is 48.3 Å². The Hall–Kier alpha value is -2.85. The van der Waals surface area contributed by atoms with E-state index in [-0.39, 0.29) is 23.9 Å². The van der Waals surface area contributed by atoms with Gasteiger partial charge in [0.25, 0.3) is 0 Å². The third-order valence-electron chi connectivity index (χ3n) is 7.08. The van der Waals surface area contributed by atoms with Gasteiger partial charge in [0.05, 0.1) is 18.4 Å². The van der Waals surface area contributed by atoms with Crippen LogP contribution in [0.5, 0.6) is 5.75 Å². The number of aromatic hydroxyl groups is 1. The smallest absolute Gasteiger partial charge is 0.245 e. The number of nitrogens with one attached hydrogen (secondary N) is 1. The molecule has 4 atom stereocenters. The molecule has 8 nitrogen and oxygen atoms in total. The van der Waals surface area contributed by atoms with Crippen LogP contribution in [0.25, 0.3) is 22.4 Å². The van der Waals surface area contributed by atoms with Gasteiger partial charge in [0.15, 0.2) is 0 Å². The highest BCUT2D eigenvalue weighted by Crippen LogP contribution is 2.40. The number of anilines is 1. The van der Waals surface area contributed by atoms with Gasteiger partial charge in [0.2, 0.25) is 5.95 Å². The van der Waals surface area contributed by atoms with Crippen molar-refractivity contribution < 1.29 is 9.50 Å². The van der Waals surface area contributed by atoms with E-state index in [4.69, 9.17) is 0 Å². The predicted molar refractivity (Wildman–Crippen MR) is 128 cm³/mol. The zero-order valence-corrected chi connectivity index (χ0v) is 19.6. The Labute approximate surface area is 201 Å². The van der Waals surface area contributed by atoms with Crippen LogP contribution < -0.4 is 10.2 Å². The molecule has 34 heavy (non-hydrogen) atoms. The molecule has 6 rings (SSSR count). The number of fused-ring (bicyclic) bond motifs is 2. The molecule has 1 aliphatic carbocycles. The summed E-state index contributed by atoms with van der Waals surface area (Å²) < 4.78 is 15.3. The molecule has 10 heteroatoms. The third-order valence-corrected chi connectivity index (χ3v) is 7.70. The van der Waals surface area contributed by atoms with Crippen molar-refractivity contribution in [2.24, 2.45) is 0 Å². The summed E-state index contributed by atoms with van der Waals surface area (Å²) in [7, 11) is 0. The van der Waals surface area contributed by atoms with Gasteiger partial charge in [-0.25, -0.2) is 9.37 Å². The number of piperidine rings is 1. The highest BCUT2D eigenvalue weighted by atomic mass is 32.2. The number of hydrogen-bond donors (Lipinski definition) is 2. The average molecular weight is 480 g/mol. The zero-order chi connectivity index (χ0) is 23.2. The third kappa shape index (κ3) is 3.98. The number of halogens is 1. The fourth-order valence-electron chi connectivity index (χ4n) is 5.22. The maximum Gasteiger partial charge on any atom is 0.245 e. The fraction of sp³-hybridized carbons (Fsp3) is 0.458. The molecule has 3 aromatic rings. The van der Waals surface area contributed by atoms with Gasteiger partial charge >= 0.3 is 0 Å². The SMILES string of the molecule is CSc1cc(-c2ccc(-c3cnc(N(C4CC4)[C@H]4C[C@@H]5CC[C@H](N5)[C@H]4F)nn3)c(O)c2)cnn1. The van der Waals surface area contributed by atoms with E-state index in [1.165, 1.54) is 11.8 Å². The van der Waals surface area contributed by atoms with Crippen molar-refractivity contribution in [3.05, 3.63) is 36.7 Å². The second kappa shape index (κ2) is 8.74. The van der Waals surface area contributed by atoms with Gasteiger partial charge in [-0.2, -0.15) is 5.10 Å². The molecule has 0 unspecified atom stereocenters. The first-order chi connectivity index (χ1) is 16.6. The standard InChI is InChI=1S/C24H26FN7OS/c1-34-22-9-14(11-27-30-22)13-2-6-17(21(33)8-13)19-12-26-24(31-29-19)32(16-4-5-16)20-10-15-3-7-18(28-15)23(20)25/h2,6,8-9,11-12,15-16,18,20,23,28,33H,3-5,7,10H2,1H3/t15-,18-,20-,23+/m0/s1. The maximum atomic E-state index is 15.3. The van der Waals surface area contributed by atoms with Crippen molar-refractivity contribution in [1.82, 2.24) is 30.7 Å². The van der Waals surface area contributed by atoms with Crippen LogP contribution in [0.4, 0.5) is 10.3 Å². The second-order valence-electron chi connectivity index (χ2n) is 9.30. The molecule has 176 valence electrons. The van der Waals surface area contributed by atoms with Crippen LogP contribution in [-0.2, 0) is 0 Å². The predicted octanol–water partition coefficient (Wildman–Crippen LogP) is 3.62. The Morgan fingerprint density at radius 1 is 1.06 bits per heavy atom. The molecular weight excluding hydrogens is 453 g/mol. The summed E-state index contributed by atoms with van der Waals surface area (Å²) in [5, 5.41) is 31.8. The van der Waals surface area contributed by atoms with Crippen LogP contribution in [0.1, 0.15) is 32.1 Å². The Balaban J connectivity index is 1.26. The molecule has 2 aliphatic heterocycles. The van der Waals surface area contributed by atoms with E-state index in [2.05, 4.69) is 35.6 Å². The molecule has 2 aromatic heterocycles. The molecule has 2 N–H and O–H groups in total. The summed E-state index contributed by atoms with van der Waals surface area (Å²) in [6.07, 6.45) is 9.04. The van der Waals surface area contributed by atoms with Crippen LogP contribution in [-0.4, -0.2) is 67.1 Å². The molecule has 1 saturated carbocycles. The Kier molecular flexibility index (Phi) is 5.57. The lowest BCUT2D eigenvalue weighted by atomic mass is 9.96. The lowest BCUT2D eigenvalue weighted by Gasteiger charge is -2.40. The molecule has 1 aromatic carbocycles. The first-order valence-electron chi connectivity index (χ1n) is 11.7. The summed E-state index contributed by atoms with van der Waals surface area (Å²) in [5.41, 5.74) is 2.73. The van der Waals surface area contributed by atoms with Gasteiger partial charge in [-0.05, 0) is 62.1 Å². The minimum absolute atomic E-state index is 0.0738. The van der Waals surface area contributed by atoms with E-state index < -0.39 is 6.17 Å². The van der Waals surface area contributed by atoms with Crippen LogP contribution in [0.2, 0.25) is 0 Å². The van der Waals surface area contributed by atoms with Crippen LogP contribution >= 0.6 is 11.8 Å². The quantitative estimate of drug-likeness (QED) is 0.514. The highest BCUT2D eigenvalue weighted by Gasteiger charge is 2.48. The van der Waals surface area contributed by atoms with Gasteiger partial charge in [-0.3, -0.25) is 0 Å². The van der Waals surface area contributed by atoms with Gasteiger partial charge in [-0.1, -0.05) is 6.07 Å². The highest BCUT2D eigenvalue weighted by molar-refractivity contribution is 7.98. The van der Waals surface area contributed by atoms with E-state index in [1.54, 1.807) is 24.5 Å². The minimum atomic E-state index is -0.937. The van der Waals surface area contributed by atoms with Crippen molar-refractivity contribution in [1.29, 1.82) is 0 Å². The number of nitrogens with zero attached hydrogens (tertiary/aromatic N) is 6. The number of benzene rings is 1. The van der Waals surface area contributed by atoms with Gasteiger partial charge in [0.1, 0.15) is 22.6 Å². The second-order valence-corrected chi connectivity index (χ2v) is 10.1. The van der Waals surface area contributed by atoms with Gasteiger partial charge in [-0.15, -0.1) is 27.1 Å². The fourth-order valence-corrected chi connectivity index (χ4v) is 5.60. The average Bonchev–Trinajstić information content (AvgIpc) is 3.62. The van der Waals surface area contributed by atoms with Gasteiger partial charge in [0, 0.05) is 29.3 Å². The first-order valence-corrected chi connectivity index (χ1v) is 12.9. The summed E-state index contributed by atoms with van der Waals surface area (Å²) in [5.74, 6) is 0.561. The van der Waals surface area contributed by atoms with Crippen LogP contribution in [0, 0.1) is 0 Å². The summed E-state index contributed by atoms with van der Waals surface area (Å²) in [6, 6.07) is 7.68. The zero-order valence-electron chi connectivity index (χ0n) is 18.8. The van der Waals surface area contributed by atoms with E-state index >= 15 is 4.39 Å². The number of phenolic OH excluding ortho intramolecular Hbond substituents is 1. The number of phenols is 1. The lowest BCUT2D eigenvalue weighted by Crippen LogP contribution is -2.57. The Morgan fingerprint density at radius 3 is 2.68 bits per heavy atom. The molecule has 3 aliphatic rings. The number of hydrogen-bond acceptors (Lipinski definition) is 9. The first kappa shape index (κ1) is 21.7. The molecule has 3 fully saturated rings. The van der Waals surface area contributed by atoms with Crippen molar-refractivity contribution >= 4 is 17.7 Å². The van der Waals surface area contributed by atoms with E-state index in [1.807, 2.05) is 18.4 Å². The lowest BCUT2D eigenvalue weighted by molar-refractivity contribution is 0.171. The summed E-state index contributed by atoms with van der Waals surface area (Å²) in [6.45, 7) is 0.